The number of hydrogen-bond donors (Lipinski definition) is 2. The van der Waals surface area contributed by atoms with Crippen molar-refractivity contribution < 1.29 is 22.3 Å². The Morgan fingerprint density at radius 2 is 2.00 bits per heavy atom. The Morgan fingerprint density at radius 1 is 1.40 bits per heavy atom. The van der Waals surface area contributed by atoms with Gasteiger partial charge in [-0.3, -0.25) is 4.98 Å². The molecule has 1 aromatic heterocycles. The van der Waals surface area contributed by atoms with Gasteiger partial charge in [-0.25, -0.2) is 4.39 Å². The molecular formula is C7H7F4N3O. The largest absolute Gasteiger partial charge is 0.573 e. The molecule has 0 saturated carbocycles. The van der Waals surface area contributed by atoms with E-state index in [4.69, 9.17) is 11.5 Å². The molecule has 0 aliphatic rings. The number of anilines is 1. The maximum atomic E-state index is 12.8. The van der Waals surface area contributed by atoms with Crippen molar-refractivity contribution in [1.82, 2.24) is 4.98 Å². The highest BCUT2D eigenvalue weighted by atomic mass is 19.4. The normalized spacial score (nSPS) is 11.5. The van der Waals surface area contributed by atoms with Gasteiger partial charge in [0.05, 0.1) is 11.9 Å². The van der Waals surface area contributed by atoms with Crippen LogP contribution in [0.15, 0.2) is 6.20 Å². The molecule has 1 rings (SSSR count). The van der Waals surface area contributed by atoms with Gasteiger partial charge < -0.3 is 16.2 Å². The van der Waals surface area contributed by atoms with E-state index in [9.17, 15) is 17.6 Å². The van der Waals surface area contributed by atoms with Crippen LogP contribution in [0.4, 0.5) is 23.2 Å². The van der Waals surface area contributed by atoms with Crippen molar-refractivity contribution >= 4 is 5.69 Å². The molecular weight excluding hydrogens is 218 g/mol. The Kier molecular flexibility index (Phi) is 2.98. The molecule has 8 heteroatoms. The first kappa shape index (κ1) is 11.5. The monoisotopic (exact) mass is 225 g/mol. The minimum atomic E-state index is -4.96. The SMILES string of the molecule is NCc1ncc(F)c(N)c1OC(F)(F)F. The molecule has 0 unspecified atom stereocenters. The van der Waals surface area contributed by atoms with Crippen molar-refractivity contribution in [3.63, 3.8) is 0 Å². The van der Waals surface area contributed by atoms with E-state index in [2.05, 4.69) is 9.72 Å². The van der Waals surface area contributed by atoms with Crippen LogP contribution in [0.5, 0.6) is 5.75 Å². The van der Waals surface area contributed by atoms with Crippen LogP contribution in [0.2, 0.25) is 0 Å². The third-order valence-electron chi connectivity index (χ3n) is 1.51. The van der Waals surface area contributed by atoms with E-state index in [0.717, 1.165) is 0 Å². The molecule has 0 fully saturated rings. The van der Waals surface area contributed by atoms with E-state index in [-0.39, 0.29) is 12.2 Å². The number of nitrogens with two attached hydrogens (primary N) is 2. The summed E-state index contributed by atoms with van der Waals surface area (Å²) in [5, 5.41) is 0. The molecule has 0 amide bonds. The topological polar surface area (TPSA) is 74.2 Å². The number of pyridine rings is 1. The van der Waals surface area contributed by atoms with E-state index in [0.29, 0.717) is 6.20 Å². The fourth-order valence-corrected chi connectivity index (χ4v) is 0.902. The highest BCUT2D eigenvalue weighted by molar-refractivity contribution is 5.55. The molecule has 0 saturated heterocycles. The molecule has 84 valence electrons. The number of alkyl halides is 3. The standard InChI is InChI=1S/C7H7F4N3O/c8-3-2-14-4(1-12)6(5(3)13)15-7(9,10)11/h2H,1,12H2,(H2,13,14). The number of nitrogen functional groups attached to an aromatic ring is 1. The van der Waals surface area contributed by atoms with Gasteiger partial charge in [0.1, 0.15) is 5.69 Å². The van der Waals surface area contributed by atoms with Gasteiger partial charge in [0, 0.05) is 6.54 Å². The molecule has 0 aromatic carbocycles. The summed E-state index contributed by atoms with van der Waals surface area (Å²) >= 11 is 0. The van der Waals surface area contributed by atoms with Gasteiger partial charge in [-0.2, -0.15) is 0 Å². The van der Waals surface area contributed by atoms with E-state index in [1.807, 2.05) is 0 Å². The van der Waals surface area contributed by atoms with Crippen LogP contribution in [0.25, 0.3) is 0 Å². The van der Waals surface area contributed by atoms with E-state index in [1.54, 1.807) is 0 Å². The third kappa shape index (κ3) is 2.69. The molecule has 15 heavy (non-hydrogen) atoms. The second-order valence-corrected chi connectivity index (χ2v) is 2.55. The van der Waals surface area contributed by atoms with Crippen LogP contribution in [0, 0.1) is 5.82 Å². The lowest BCUT2D eigenvalue weighted by Crippen LogP contribution is -2.20. The number of halogens is 4. The molecule has 1 heterocycles. The Labute approximate surface area is 81.8 Å². The van der Waals surface area contributed by atoms with Gasteiger partial charge >= 0.3 is 6.36 Å². The summed E-state index contributed by atoms with van der Waals surface area (Å²) in [5.41, 5.74) is 9.15. The van der Waals surface area contributed by atoms with E-state index in [1.165, 1.54) is 0 Å². The molecule has 1 aromatic rings. The molecule has 0 aliphatic carbocycles. The summed E-state index contributed by atoms with van der Waals surface area (Å²) in [6.45, 7) is -0.337. The van der Waals surface area contributed by atoms with Crippen LogP contribution in [-0.2, 0) is 6.54 Å². The van der Waals surface area contributed by atoms with Crippen molar-refractivity contribution in [3.05, 3.63) is 17.7 Å². The van der Waals surface area contributed by atoms with Crippen molar-refractivity contribution in [2.45, 2.75) is 12.9 Å². The third-order valence-corrected chi connectivity index (χ3v) is 1.51. The fraction of sp³-hybridized carbons (Fsp3) is 0.286. The Bertz CT molecular complexity index is 366. The van der Waals surface area contributed by atoms with Crippen molar-refractivity contribution in [2.75, 3.05) is 5.73 Å². The van der Waals surface area contributed by atoms with Crippen LogP contribution in [-0.4, -0.2) is 11.3 Å². The van der Waals surface area contributed by atoms with E-state index < -0.39 is 23.6 Å². The highest BCUT2D eigenvalue weighted by Crippen LogP contribution is 2.32. The number of nitrogens with zero attached hydrogens (tertiary/aromatic N) is 1. The van der Waals surface area contributed by atoms with Crippen molar-refractivity contribution in [3.8, 4) is 5.75 Å². The second kappa shape index (κ2) is 3.89. The molecule has 4 N–H and O–H groups in total. The summed E-state index contributed by atoms with van der Waals surface area (Å²) in [5.74, 6) is -1.98. The fourth-order valence-electron chi connectivity index (χ4n) is 0.902. The number of aromatic nitrogens is 1. The first-order chi connectivity index (χ1) is 6.85. The quantitative estimate of drug-likeness (QED) is 0.740. The van der Waals surface area contributed by atoms with Gasteiger partial charge in [-0.05, 0) is 0 Å². The molecule has 0 bridgehead atoms. The molecule has 0 aliphatic heterocycles. The molecule has 0 atom stereocenters. The van der Waals surface area contributed by atoms with Crippen LogP contribution >= 0.6 is 0 Å². The highest BCUT2D eigenvalue weighted by Gasteiger charge is 2.33. The Hall–Kier alpha value is -1.57. The maximum absolute atomic E-state index is 12.8. The predicted octanol–water partition coefficient (Wildman–Crippen LogP) is 1.16. The molecule has 0 spiro atoms. The van der Waals surface area contributed by atoms with Gasteiger partial charge in [0.15, 0.2) is 11.6 Å². The first-order valence-corrected chi connectivity index (χ1v) is 3.74. The Balaban J connectivity index is 3.18. The zero-order valence-electron chi connectivity index (χ0n) is 7.31. The summed E-state index contributed by atoms with van der Waals surface area (Å²) < 4.78 is 52.0. The number of ether oxygens (including phenoxy) is 1. The van der Waals surface area contributed by atoms with Gasteiger partial charge in [0.25, 0.3) is 0 Å². The van der Waals surface area contributed by atoms with Crippen LogP contribution in [0.1, 0.15) is 5.69 Å². The average Bonchev–Trinajstić information content (AvgIpc) is 2.11. The maximum Gasteiger partial charge on any atom is 0.573 e. The second-order valence-electron chi connectivity index (χ2n) is 2.55. The minimum Gasteiger partial charge on any atom is -0.401 e. The number of hydrogen-bond acceptors (Lipinski definition) is 4. The van der Waals surface area contributed by atoms with E-state index >= 15 is 0 Å². The number of rotatable bonds is 2. The van der Waals surface area contributed by atoms with Crippen LogP contribution in [0.3, 0.4) is 0 Å². The zero-order valence-corrected chi connectivity index (χ0v) is 7.31. The smallest absolute Gasteiger partial charge is 0.401 e. The lowest BCUT2D eigenvalue weighted by atomic mass is 10.3. The summed E-state index contributed by atoms with van der Waals surface area (Å²) in [7, 11) is 0. The predicted molar refractivity (Wildman–Crippen MR) is 43.2 cm³/mol. The molecule has 4 nitrogen and oxygen atoms in total. The molecule has 0 radical (unpaired) electrons. The summed E-state index contributed by atoms with van der Waals surface area (Å²) in [6.07, 6.45) is -4.28. The van der Waals surface area contributed by atoms with Gasteiger partial charge in [0.2, 0.25) is 0 Å². The van der Waals surface area contributed by atoms with Crippen LogP contribution < -0.4 is 16.2 Å². The van der Waals surface area contributed by atoms with Crippen molar-refractivity contribution in [1.29, 1.82) is 0 Å². The summed E-state index contributed by atoms with van der Waals surface area (Å²) in [6, 6.07) is 0. The average molecular weight is 225 g/mol. The summed E-state index contributed by atoms with van der Waals surface area (Å²) in [4.78, 5) is 3.34. The Morgan fingerprint density at radius 3 is 2.47 bits per heavy atom. The lowest BCUT2D eigenvalue weighted by Gasteiger charge is -2.13. The lowest BCUT2D eigenvalue weighted by molar-refractivity contribution is -0.274. The van der Waals surface area contributed by atoms with Crippen molar-refractivity contribution in [2.24, 2.45) is 5.73 Å². The van der Waals surface area contributed by atoms with Gasteiger partial charge in [-0.15, -0.1) is 13.2 Å². The zero-order chi connectivity index (χ0) is 11.6. The minimum absolute atomic E-state index is 0.258. The first-order valence-electron chi connectivity index (χ1n) is 3.74. The van der Waals surface area contributed by atoms with Gasteiger partial charge in [-0.1, -0.05) is 0 Å².